The van der Waals surface area contributed by atoms with Crippen molar-refractivity contribution >= 4 is 53.7 Å². The summed E-state index contributed by atoms with van der Waals surface area (Å²) in [5.74, 6) is -0.829. The maximum atomic E-state index is 12.5. The Bertz CT molecular complexity index is 1020. The highest BCUT2D eigenvalue weighted by molar-refractivity contribution is 14.1. The van der Waals surface area contributed by atoms with Crippen LogP contribution in [0.3, 0.4) is 0 Å². The molecule has 3 rings (SSSR count). The largest absolute Gasteiger partial charge is 0.496 e. The van der Waals surface area contributed by atoms with E-state index in [9.17, 15) is 13.6 Å². The van der Waals surface area contributed by atoms with E-state index in [1.54, 1.807) is 12.1 Å². The second kappa shape index (κ2) is 14.6. The highest BCUT2D eigenvalue weighted by Crippen LogP contribution is 2.21. The zero-order chi connectivity index (χ0) is 25.0. The van der Waals surface area contributed by atoms with Crippen LogP contribution < -0.4 is 15.7 Å². The maximum Gasteiger partial charge on any atom is 0.491 e. The van der Waals surface area contributed by atoms with Gasteiger partial charge in [0.25, 0.3) is 0 Å². The Hall–Kier alpha value is -2.51. The van der Waals surface area contributed by atoms with Crippen LogP contribution >= 0.6 is 22.6 Å². The van der Waals surface area contributed by atoms with Crippen molar-refractivity contribution in [3.05, 3.63) is 87.5 Å². The summed E-state index contributed by atoms with van der Waals surface area (Å²) in [6.45, 7) is 0. The molecule has 33 heavy (non-hydrogen) atoms. The average molecular weight is 572 g/mol. The highest BCUT2D eigenvalue weighted by atomic mass is 127. The average Bonchev–Trinajstić information content (AvgIpc) is 2.79. The fraction of sp³-hybridized carbons (Fsp3) is 0.0952. The molecule has 0 bridgehead atoms. The van der Waals surface area contributed by atoms with Gasteiger partial charge in [-0.15, -0.1) is 0 Å². The second-order valence-corrected chi connectivity index (χ2v) is 7.40. The van der Waals surface area contributed by atoms with Crippen LogP contribution in [0.4, 0.5) is 8.78 Å². The van der Waals surface area contributed by atoms with Crippen LogP contribution in [0.25, 0.3) is 0 Å². The van der Waals surface area contributed by atoms with E-state index in [1.165, 1.54) is 62.8 Å². The number of carbonyl (C=O) groups excluding carboxylic acids is 1. The monoisotopic (exact) mass is 572 g/mol. The summed E-state index contributed by atoms with van der Waals surface area (Å²) in [5, 5.41) is 34.1. The molecule has 0 heterocycles. The number of hydrogen-bond acceptors (Lipinski definition) is 7. The van der Waals surface area contributed by atoms with E-state index in [-0.39, 0.29) is 17.2 Å². The van der Waals surface area contributed by atoms with Crippen LogP contribution in [0.5, 0.6) is 5.75 Å². The molecule has 7 nitrogen and oxygen atoms in total. The molecule has 4 N–H and O–H groups in total. The van der Waals surface area contributed by atoms with Crippen molar-refractivity contribution in [2.45, 2.75) is 0 Å². The molecule has 0 aliphatic heterocycles. The van der Waals surface area contributed by atoms with Crippen molar-refractivity contribution in [2.24, 2.45) is 0 Å². The number of rotatable bonds is 4. The summed E-state index contributed by atoms with van der Waals surface area (Å²) in [5.41, 5.74) is 0.654. The Morgan fingerprint density at radius 3 is 1.94 bits per heavy atom. The quantitative estimate of drug-likeness (QED) is 0.211. The van der Waals surface area contributed by atoms with Crippen LogP contribution in [0.1, 0.15) is 10.4 Å². The van der Waals surface area contributed by atoms with E-state index >= 15 is 0 Å². The van der Waals surface area contributed by atoms with E-state index in [1.807, 2.05) is 6.07 Å². The molecule has 0 atom stereocenters. The molecule has 0 aromatic heterocycles. The normalized spacial score (nSPS) is 9.48. The van der Waals surface area contributed by atoms with Crippen molar-refractivity contribution in [3.8, 4) is 5.75 Å². The van der Waals surface area contributed by atoms with Crippen LogP contribution in [0, 0.1) is 15.2 Å². The van der Waals surface area contributed by atoms with E-state index in [2.05, 4.69) is 27.3 Å². The Balaban J connectivity index is 0.000000251. The van der Waals surface area contributed by atoms with Gasteiger partial charge >= 0.3 is 20.2 Å². The van der Waals surface area contributed by atoms with Crippen molar-refractivity contribution in [2.75, 3.05) is 14.2 Å². The molecule has 0 amide bonds. The molecule has 12 heteroatoms. The summed E-state index contributed by atoms with van der Waals surface area (Å²) < 4.78 is 35.3. The Morgan fingerprint density at radius 2 is 1.48 bits per heavy atom. The molecule has 0 radical (unpaired) electrons. The minimum atomic E-state index is -1.72. The number of esters is 1. The van der Waals surface area contributed by atoms with E-state index < -0.39 is 20.1 Å². The third-order valence-corrected chi connectivity index (χ3v) is 4.59. The number of ether oxygens (including phenoxy) is 2. The smallest absolute Gasteiger partial charge is 0.491 e. The molecule has 0 unspecified atom stereocenters. The van der Waals surface area contributed by atoms with Gasteiger partial charge in [-0.2, -0.15) is 0 Å². The number of halogens is 3. The molecule has 0 saturated heterocycles. The Morgan fingerprint density at radius 1 is 0.879 bits per heavy atom. The highest BCUT2D eigenvalue weighted by Gasteiger charge is 2.14. The first-order valence-corrected chi connectivity index (χ1v) is 10.3. The number of hydrogen-bond donors (Lipinski definition) is 4. The predicted molar refractivity (Wildman–Crippen MR) is 130 cm³/mol. The molecule has 0 saturated carbocycles. The Labute approximate surface area is 204 Å². The molecule has 0 fully saturated rings. The lowest BCUT2D eigenvalue weighted by molar-refractivity contribution is 0.0597. The van der Waals surface area contributed by atoms with Gasteiger partial charge in [-0.25, -0.2) is 13.6 Å². The zero-order valence-corrected chi connectivity index (χ0v) is 19.8. The van der Waals surface area contributed by atoms with Gasteiger partial charge < -0.3 is 29.6 Å². The van der Waals surface area contributed by atoms with Gasteiger partial charge in [-0.3, -0.25) is 0 Å². The van der Waals surface area contributed by atoms with E-state index in [4.69, 9.17) is 24.8 Å². The summed E-state index contributed by atoms with van der Waals surface area (Å²) in [7, 11) is -0.363. The van der Waals surface area contributed by atoms with Crippen molar-refractivity contribution in [1.82, 2.24) is 0 Å². The molecule has 0 spiro atoms. The minimum Gasteiger partial charge on any atom is -0.496 e. The van der Waals surface area contributed by atoms with Gasteiger partial charge in [0.1, 0.15) is 22.9 Å². The van der Waals surface area contributed by atoms with Crippen molar-refractivity contribution in [1.29, 1.82) is 0 Å². The standard InChI is InChI=1S/C9H9IO3.2C6H6BFO2/c1-12-8-4-3-6(10)5-7(8)9(11)13-2;8-6-3-1-5(2-4-6)7(9)10;8-6-4-2-1-3-5(6)7(9)10/h3-5H,1-2H3;2*1-4,9-10H. The summed E-state index contributed by atoms with van der Waals surface area (Å²) >= 11 is 2.12. The van der Waals surface area contributed by atoms with Crippen molar-refractivity contribution < 1.29 is 43.1 Å². The number of benzene rings is 3. The lowest BCUT2D eigenvalue weighted by Gasteiger charge is -2.06. The second-order valence-electron chi connectivity index (χ2n) is 6.16. The lowest BCUT2D eigenvalue weighted by Crippen LogP contribution is -2.32. The molecule has 3 aromatic carbocycles. The predicted octanol–water partition coefficient (Wildman–Crippen LogP) is 1.10. The fourth-order valence-electron chi connectivity index (χ4n) is 2.27. The van der Waals surface area contributed by atoms with Crippen LogP contribution in [0.15, 0.2) is 66.7 Å². The van der Waals surface area contributed by atoms with Gasteiger partial charge in [-0.1, -0.05) is 30.3 Å². The minimum absolute atomic E-state index is 0.0949. The molecule has 3 aromatic rings. The van der Waals surface area contributed by atoms with Crippen LogP contribution in [0.2, 0.25) is 0 Å². The fourth-order valence-corrected chi connectivity index (χ4v) is 2.76. The van der Waals surface area contributed by atoms with Gasteiger partial charge in [0, 0.05) is 9.03 Å². The first-order chi connectivity index (χ1) is 15.6. The first-order valence-electron chi connectivity index (χ1n) is 9.24. The third-order valence-electron chi connectivity index (χ3n) is 3.92. The lowest BCUT2D eigenvalue weighted by atomic mass is 9.80. The maximum absolute atomic E-state index is 12.5. The van der Waals surface area contributed by atoms with E-state index in [0.29, 0.717) is 16.8 Å². The topological polar surface area (TPSA) is 116 Å². The SMILES string of the molecule is COC(=O)c1cc(I)ccc1OC.OB(O)c1ccc(F)cc1.OB(O)c1ccccc1F. The van der Waals surface area contributed by atoms with Gasteiger partial charge in [-0.05, 0) is 64.5 Å². The van der Waals surface area contributed by atoms with Gasteiger partial charge in [0.05, 0.1) is 14.2 Å². The molecule has 0 aliphatic carbocycles. The van der Waals surface area contributed by atoms with Gasteiger partial charge in [0.15, 0.2) is 0 Å². The van der Waals surface area contributed by atoms with Crippen LogP contribution in [-0.4, -0.2) is 54.5 Å². The van der Waals surface area contributed by atoms with Crippen molar-refractivity contribution in [3.63, 3.8) is 0 Å². The number of carbonyl (C=O) groups is 1. The first kappa shape index (κ1) is 28.5. The zero-order valence-electron chi connectivity index (χ0n) is 17.7. The Kier molecular flexibility index (Phi) is 12.6. The molecular weight excluding hydrogens is 551 g/mol. The molecule has 174 valence electrons. The summed E-state index contributed by atoms with van der Waals surface area (Å²) in [4.78, 5) is 11.2. The molecule has 0 aliphatic rings. The third kappa shape index (κ3) is 9.88. The van der Waals surface area contributed by atoms with E-state index in [0.717, 1.165) is 3.57 Å². The summed E-state index contributed by atoms with van der Waals surface area (Å²) in [6.07, 6.45) is 0. The van der Waals surface area contributed by atoms with Crippen LogP contribution in [-0.2, 0) is 4.74 Å². The molecular formula is C21H21B2F2IO7. The van der Waals surface area contributed by atoms with Gasteiger partial charge in [0.2, 0.25) is 0 Å². The number of methoxy groups -OCH3 is 2. The summed E-state index contributed by atoms with van der Waals surface area (Å²) in [6, 6.07) is 15.8.